The fraction of sp³-hybridized carbons (Fsp3) is 0.263. The van der Waals surface area contributed by atoms with Crippen LogP contribution >= 0.6 is 11.6 Å². The average molecular weight is 359 g/mol. The Morgan fingerprint density at radius 2 is 2.04 bits per heavy atom. The standard InChI is InChI=1S/C19H19ClN2O3/c1-3-16-12-19(24,14-5-4-6-17(11-14)25-2)22(21-16)18(23)13-7-9-15(20)10-8-13/h4-11,24H,3,12H2,1-2H3/t19-/m0/s1. The third kappa shape index (κ3) is 3.25. The number of ether oxygens (including phenoxy) is 1. The van der Waals surface area contributed by atoms with Crippen molar-refractivity contribution in [3.05, 3.63) is 64.7 Å². The number of hydrazone groups is 1. The van der Waals surface area contributed by atoms with Gasteiger partial charge in [0.05, 0.1) is 7.11 Å². The average Bonchev–Trinajstić information content (AvgIpc) is 3.00. The van der Waals surface area contributed by atoms with Crippen LogP contribution in [0, 0.1) is 0 Å². The van der Waals surface area contributed by atoms with E-state index in [1.165, 1.54) is 0 Å². The first-order valence-corrected chi connectivity index (χ1v) is 8.39. The van der Waals surface area contributed by atoms with Crippen molar-refractivity contribution in [3.63, 3.8) is 0 Å². The molecule has 1 atom stereocenters. The summed E-state index contributed by atoms with van der Waals surface area (Å²) in [4.78, 5) is 12.9. The minimum absolute atomic E-state index is 0.260. The Hall–Kier alpha value is -2.37. The van der Waals surface area contributed by atoms with E-state index in [1.54, 1.807) is 55.6 Å². The Morgan fingerprint density at radius 1 is 1.32 bits per heavy atom. The second kappa shape index (κ2) is 6.86. The lowest BCUT2D eigenvalue weighted by atomic mass is 9.96. The largest absolute Gasteiger partial charge is 0.497 e. The molecule has 0 bridgehead atoms. The SMILES string of the molecule is CCC1=NN(C(=O)c2ccc(Cl)cc2)[C@@](O)(c2cccc(OC)c2)C1. The summed E-state index contributed by atoms with van der Waals surface area (Å²) in [5, 5.41) is 17.4. The Kier molecular flexibility index (Phi) is 4.79. The first-order valence-electron chi connectivity index (χ1n) is 8.01. The highest BCUT2D eigenvalue weighted by atomic mass is 35.5. The number of carbonyl (C=O) groups is 1. The van der Waals surface area contributed by atoms with Gasteiger partial charge < -0.3 is 9.84 Å². The van der Waals surface area contributed by atoms with Crippen LogP contribution < -0.4 is 4.74 Å². The van der Waals surface area contributed by atoms with Gasteiger partial charge in [0.2, 0.25) is 0 Å². The number of halogens is 1. The highest BCUT2D eigenvalue weighted by molar-refractivity contribution is 6.30. The maximum atomic E-state index is 12.9. The zero-order chi connectivity index (χ0) is 18.0. The molecule has 25 heavy (non-hydrogen) atoms. The lowest BCUT2D eigenvalue weighted by Crippen LogP contribution is -2.43. The Bertz CT molecular complexity index is 820. The van der Waals surface area contributed by atoms with E-state index in [-0.39, 0.29) is 12.3 Å². The van der Waals surface area contributed by atoms with Gasteiger partial charge in [-0.05, 0) is 42.8 Å². The van der Waals surface area contributed by atoms with Gasteiger partial charge in [-0.25, -0.2) is 0 Å². The van der Waals surface area contributed by atoms with Gasteiger partial charge in [-0.1, -0.05) is 30.7 Å². The highest BCUT2D eigenvalue weighted by Crippen LogP contribution is 2.38. The number of amides is 1. The van der Waals surface area contributed by atoms with E-state index in [4.69, 9.17) is 16.3 Å². The van der Waals surface area contributed by atoms with E-state index < -0.39 is 5.72 Å². The molecule has 0 aliphatic carbocycles. The maximum Gasteiger partial charge on any atom is 0.276 e. The summed E-state index contributed by atoms with van der Waals surface area (Å²) in [7, 11) is 1.56. The van der Waals surface area contributed by atoms with Crippen molar-refractivity contribution in [3.8, 4) is 5.75 Å². The molecule has 3 rings (SSSR count). The highest BCUT2D eigenvalue weighted by Gasteiger charge is 2.45. The molecule has 1 heterocycles. The quantitative estimate of drug-likeness (QED) is 0.904. The van der Waals surface area contributed by atoms with E-state index >= 15 is 0 Å². The van der Waals surface area contributed by atoms with Crippen molar-refractivity contribution in [2.75, 3.05) is 7.11 Å². The molecular formula is C19H19ClN2O3. The minimum Gasteiger partial charge on any atom is -0.497 e. The molecule has 0 aromatic heterocycles. The minimum atomic E-state index is -1.55. The molecule has 0 spiro atoms. The van der Waals surface area contributed by atoms with Crippen LogP contribution in [0.15, 0.2) is 53.6 Å². The van der Waals surface area contributed by atoms with E-state index in [0.717, 1.165) is 10.7 Å². The van der Waals surface area contributed by atoms with E-state index in [9.17, 15) is 9.90 Å². The summed E-state index contributed by atoms with van der Waals surface area (Å²) in [5.41, 5.74) is 0.178. The summed E-state index contributed by atoms with van der Waals surface area (Å²) < 4.78 is 5.24. The molecule has 0 fully saturated rings. The van der Waals surface area contributed by atoms with Crippen molar-refractivity contribution < 1.29 is 14.6 Å². The maximum absolute atomic E-state index is 12.9. The summed E-state index contributed by atoms with van der Waals surface area (Å²) in [6.07, 6.45) is 0.909. The van der Waals surface area contributed by atoms with Crippen LogP contribution in [0.4, 0.5) is 0 Å². The molecule has 2 aromatic carbocycles. The molecule has 130 valence electrons. The number of benzene rings is 2. The molecule has 1 N–H and O–H groups in total. The van der Waals surface area contributed by atoms with Crippen LogP contribution in [-0.2, 0) is 5.72 Å². The summed E-state index contributed by atoms with van der Waals surface area (Å²) in [6.45, 7) is 1.95. The van der Waals surface area contributed by atoms with Crippen LogP contribution in [0.25, 0.3) is 0 Å². The van der Waals surface area contributed by atoms with E-state index in [1.807, 2.05) is 6.92 Å². The third-order valence-corrected chi connectivity index (χ3v) is 4.52. The van der Waals surface area contributed by atoms with Gasteiger partial charge in [0, 0.05) is 28.3 Å². The van der Waals surface area contributed by atoms with Gasteiger partial charge in [-0.3, -0.25) is 4.79 Å². The number of hydrogen-bond acceptors (Lipinski definition) is 4. The monoisotopic (exact) mass is 358 g/mol. The van der Waals surface area contributed by atoms with Gasteiger partial charge in [-0.15, -0.1) is 0 Å². The number of hydrogen-bond donors (Lipinski definition) is 1. The first-order chi connectivity index (χ1) is 12.0. The molecule has 1 amide bonds. The normalized spacial score (nSPS) is 19.7. The molecule has 1 aliphatic rings. The molecule has 5 nitrogen and oxygen atoms in total. The summed E-state index contributed by atoms with van der Waals surface area (Å²) in [6, 6.07) is 13.6. The second-order valence-electron chi connectivity index (χ2n) is 5.87. The number of rotatable bonds is 4. The van der Waals surface area contributed by atoms with Crippen LogP contribution in [0.5, 0.6) is 5.75 Å². The smallest absolute Gasteiger partial charge is 0.276 e. The number of nitrogens with zero attached hydrogens (tertiary/aromatic N) is 2. The second-order valence-corrected chi connectivity index (χ2v) is 6.31. The zero-order valence-electron chi connectivity index (χ0n) is 14.1. The molecule has 6 heteroatoms. The number of carbonyl (C=O) groups excluding carboxylic acids is 1. The predicted molar refractivity (Wildman–Crippen MR) is 96.9 cm³/mol. The Morgan fingerprint density at radius 3 is 2.68 bits per heavy atom. The topological polar surface area (TPSA) is 62.1 Å². The molecule has 0 unspecified atom stereocenters. The predicted octanol–water partition coefficient (Wildman–Crippen LogP) is 3.81. The number of methoxy groups -OCH3 is 1. The molecule has 0 saturated carbocycles. The van der Waals surface area contributed by atoms with Crippen molar-refractivity contribution in [2.24, 2.45) is 5.10 Å². The summed E-state index contributed by atoms with van der Waals surface area (Å²) >= 11 is 5.89. The third-order valence-electron chi connectivity index (χ3n) is 4.27. The fourth-order valence-electron chi connectivity index (χ4n) is 2.84. The molecule has 2 aromatic rings. The van der Waals surface area contributed by atoms with Gasteiger partial charge in [0.15, 0.2) is 5.72 Å². The lowest BCUT2D eigenvalue weighted by Gasteiger charge is -2.31. The molecule has 1 aliphatic heterocycles. The van der Waals surface area contributed by atoms with Crippen molar-refractivity contribution in [1.29, 1.82) is 0 Å². The number of aliphatic hydroxyl groups is 1. The zero-order valence-corrected chi connectivity index (χ0v) is 14.8. The molecule has 0 radical (unpaired) electrons. The van der Waals surface area contributed by atoms with Crippen LogP contribution in [0.3, 0.4) is 0 Å². The van der Waals surface area contributed by atoms with E-state index in [2.05, 4.69) is 5.10 Å². The summed E-state index contributed by atoms with van der Waals surface area (Å²) in [5.74, 6) is 0.222. The van der Waals surface area contributed by atoms with Crippen LogP contribution in [-0.4, -0.2) is 28.8 Å². The van der Waals surface area contributed by atoms with Crippen LogP contribution in [0.2, 0.25) is 5.02 Å². The van der Waals surface area contributed by atoms with Crippen molar-refractivity contribution >= 4 is 23.2 Å². The van der Waals surface area contributed by atoms with Crippen LogP contribution in [0.1, 0.15) is 35.7 Å². The van der Waals surface area contributed by atoms with Gasteiger partial charge in [0.1, 0.15) is 5.75 Å². The fourth-order valence-corrected chi connectivity index (χ4v) is 2.97. The van der Waals surface area contributed by atoms with E-state index in [0.29, 0.717) is 28.3 Å². The van der Waals surface area contributed by atoms with Gasteiger partial charge >= 0.3 is 0 Å². The van der Waals surface area contributed by atoms with Gasteiger partial charge in [0.25, 0.3) is 5.91 Å². The van der Waals surface area contributed by atoms with Crippen molar-refractivity contribution in [2.45, 2.75) is 25.5 Å². The lowest BCUT2D eigenvalue weighted by molar-refractivity contribution is -0.0766. The Balaban J connectivity index is 2.02. The molecular weight excluding hydrogens is 340 g/mol. The van der Waals surface area contributed by atoms with Gasteiger partial charge in [-0.2, -0.15) is 10.1 Å². The van der Waals surface area contributed by atoms with Crippen molar-refractivity contribution in [1.82, 2.24) is 5.01 Å². The first kappa shape index (κ1) is 17.5. The Labute approximate surface area is 151 Å². The molecule has 0 saturated heterocycles.